The van der Waals surface area contributed by atoms with Gasteiger partial charge in [0.05, 0.1) is 0 Å². The molecule has 0 unspecified atom stereocenters. The number of benzene rings is 2. The lowest BCUT2D eigenvalue weighted by Crippen LogP contribution is -1.80. The van der Waals surface area contributed by atoms with Crippen molar-refractivity contribution in [3.63, 3.8) is 0 Å². The van der Waals surface area contributed by atoms with Crippen LogP contribution in [0.4, 0.5) is 17.6 Å². The molecule has 0 fully saturated rings. The number of hydrogen-bond acceptors (Lipinski definition) is 2. The van der Waals surface area contributed by atoms with Crippen molar-refractivity contribution < 1.29 is 17.6 Å². The van der Waals surface area contributed by atoms with E-state index in [0.717, 1.165) is 24.3 Å². The zero-order valence-corrected chi connectivity index (χ0v) is 10.7. The lowest BCUT2D eigenvalue weighted by Gasteiger charge is -1.91. The fourth-order valence-corrected chi connectivity index (χ4v) is 1.35. The summed E-state index contributed by atoms with van der Waals surface area (Å²) in [5.41, 5.74) is 0. The molecule has 0 aliphatic heterocycles. The molecule has 0 N–H and O–H groups in total. The highest BCUT2D eigenvalue weighted by Crippen LogP contribution is 2.11. The fraction of sp³-hybridized carbons (Fsp3) is 0. The first-order valence-corrected chi connectivity index (χ1v) is 5.57. The summed E-state index contributed by atoms with van der Waals surface area (Å²) in [6, 6.07) is 6.91. The van der Waals surface area contributed by atoms with Crippen LogP contribution in [0.5, 0.6) is 0 Å². The lowest BCUT2D eigenvalue weighted by molar-refractivity contribution is 0.506. The monoisotopic (exact) mass is 292 g/mol. The molecule has 0 aliphatic carbocycles. The minimum atomic E-state index is -0.859. The molecule has 0 spiro atoms. The smallest absolute Gasteiger partial charge is 0.159 e. The third-order valence-electron chi connectivity index (χ3n) is 1.81. The van der Waals surface area contributed by atoms with Gasteiger partial charge in [-0.15, -0.1) is 25.3 Å². The maximum absolute atomic E-state index is 12.2. The number of rotatable bonds is 0. The second-order valence-corrected chi connectivity index (χ2v) is 4.23. The van der Waals surface area contributed by atoms with Crippen LogP contribution in [-0.4, -0.2) is 0 Å². The predicted octanol–water partition coefficient (Wildman–Crippen LogP) is 4.51. The van der Waals surface area contributed by atoms with E-state index in [9.17, 15) is 17.6 Å². The quantitative estimate of drug-likeness (QED) is 0.518. The Morgan fingerprint density at radius 3 is 1.11 bits per heavy atom. The number of thiol groups is 2. The Bertz CT molecular complexity index is 494. The second-order valence-electron chi connectivity index (χ2n) is 3.20. The molecule has 0 aliphatic rings. The Morgan fingerprint density at radius 1 is 0.556 bits per heavy atom. The highest BCUT2D eigenvalue weighted by Gasteiger charge is 1.98. The largest absolute Gasteiger partial charge is 0.204 e. The van der Waals surface area contributed by atoms with Crippen LogP contribution in [0.1, 0.15) is 0 Å². The average molecular weight is 292 g/mol. The van der Waals surface area contributed by atoms with Crippen LogP contribution in [0.15, 0.2) is 46.2 Å². The van der Waals surface area contributed by atoms with Crippen LogP contribution in [0, 0.1) is 23.3 Å². The molecule has 0 heterocycles. The van der Waals surface area contributed by atoms with Crippen molar-refractivity contribution >= 4 is 25.3 Å². The summed E-state index contributed by atoms with van der Waals surface area (Å²) in [6.07, 6.45) is 0. The Morgan fingerprint density at radius 2 is 0.889 bits per heavy atom. The molecule has 2 aromatic carbocycles. The SMILES string of the molecule is Fc1ccc(S)cc1F.Fc1ccc(S)cc1F. The highest BCUT2D eigenvalue weighted by molar-refractivity contribution is 7.80. The third-order valence-corrected chi connectivity index (χ3v) is 2.36. The molecule has 0 amide bonds. The molecule has 0 nitrogen and oxygen atoms in total. The van der Waals surface area contributed by atoms with Crippen molar-refractivity contribution in [2.45, 2.75) is 9.79 Å². The summed E-state index contributed by atoms with van der Waals surface area (Å²) >= 11 is 7.59. The molecule has 18 heavy (non-hydrogen) atoms. The van der Waals surface area contributed by atoms with Gasteiger partial charge in [0.2, 0.25) is 0 Å². The maximum Gasteiger partial charge on any atom is 0.159 e. The molecule has 2 rings (SSSR count). The van der Waals surface area contributed by atoms with Gasteiger partial charge in [0.1, 0.15) is 0 Å². The highest BCUT2D eigenvalue weighted by atomic mass is 32.1. The van der Waals surface area contributed by atoms with Gasteiger partial charge in [-0.1, -0.05) is 0 Å². The third kappa shape index (κ3) is 4.62. The van der Waals surface area contributed by atoms with E-state index in [1.165, 1.54) is 12.1 Å². The van der Waals surface area contributed by atoms with Crippen LogP contribution in [0.25, 0.3) is 0 Å². The zero-order chi connectivity index (χ0) is 13.7. The summed E-state index contributed by atoms with van der Waals surface area (Å²) in [5, 5.41) is 0. The normalized spacial score (nSPS) is 9.67. The summed E-state index contributed by atoms with van der Waals surface area (Å²) in [5.74, 6) is -3.40. The lowest BCUT2D eigenvalue weighted by atomic mass is 10.3. The van der Waals surface area contributed by atoms with Crippen molar-refractivity contribution in [1.82, 2.24) is 0 Å². The van der Waals surface area contributed by atoms with E-state index in [0.29, 0.717) is 9.79 Å². The maximum atomic E-state index is 12.2. The van der Waals surface area contributed by atoms with Crippen LogP contribution in [0.2, 0.25) is 0 Å². The first-order chi connectivity index (χ1) is 8.40. The van der Waals surface area contributed by atoms with E-state index in [1.807, 2.05) is 0 Å². The van der Waals surface area contributed by atoms with E-state index in [4.69, 9.17) is 0 Å². The molecule has 0 saturated heterocycles. The van der Waals surface area contributed by atoms with Gasteiger partial charge >= 0.3 is 0 Å². The van der Waals surface area contributed by atoms with Crippen molar-refractivity contribution in [3.8, 4) is 0 Å². The molecule has 96 valence electrons. The zero-order valence-electron chi connectivity index (χ0n) is 8.87. The van der Waals surface area contributed by atoms with Gasteiger partial charge in [0.15, 0.2) is 23.3 Å². The Labute approximate surface area is 112 Å². The van der Waals surface area contributed by atoms with E-state index >= 15 is 0 Å². The second kappa shape index (κ2) is 6.70. The summed E-state index contributed by atoms with van der Waals surface area (Å²) in [7, 11) is 0. The number of hydrogen-bond donors (Lipinski definition) is 2. The van der Waals surface area contributed by atoms with Crippen LogP contribution >= 0.6 is 25.3 Å². The Hall–Kier alpha value is -1.14. The standard InChI is InChI=1S/2C6H4F2S/c2*7-5-2-1-4(9)3-6(5)8/h2*1-3,9H. The van der Waals surface area contributed by atoms with Crippen molar-refractivity contribution in [2.24, 2.45) is 0 Å². The van der Waals surface area contributed by atoms with Crippen LogP contribution in [-0.2, 0) is 0 Å². The Balaban J connectivity index is 0.000000180. The Kier molecular flexibility index (Phi) is 5.55. The number of halogens is 4. The predicted molar refractivity (Wildman–Crippen MR) is 67.2 cm³/mol. The van der Waals surface area contributed by atoms with Gasteiger partial charge in [-0.2, -0.15) is 0 Å². The minimum Gasteiger partial charge on any atom is -0.204 e. The molecule has 0 bridgehead atoms. The average Bonchev–Trinajstić information content (AvgIpc) is 2.30. The molecule has 6 heteroatoms. The molecular weight excluding hydrogens is 284 g/mol. The molecule has 0 saturated carbocycles. The molecule has 0 radical (unpaired) electrons. The van der Waals surface area contributed by atoms with E-state index in [1.54, 1.807) is 0 Å². The van der Waals surface area contributed by atoms with Crippen LogP contribution < -0.4 is 0 Å². The van der Waals surface area contributed by atoms with Crippen molar-refractivity contribution in [2.75, 3.05) is 0 Å². The summed E-state index contributed by atoms with van der Waals surface area (Å²) in [4.78, 5) is 0.850. The molecule has 0 aromatic heterocycles. The van der Waals surface area contributed by atoms with Gasteiger partial charge in [0, 0.05) is 9.79 Å². The van der Waals surface area contributed by atoms with Crippen molar-refractivity contribution in [1.29, 1.82) is 0 Å². The van der Waals surface area contributed by atoms with Gasteiger partial charge in [-0.25, -0.2) is 17.6 Å². The first-order valence-electron chi connectivity index (χ1n) is 4.68. The van der Waals surface area contributed by atoms with Gasteiger partial charge in [-0.3, -0.25) is 0 Å². The van der Waals surface area contributed by atoms with Crippen molar-refractivity contribution in [3.05, 3.63) is 59.7 Å². The first kappa shape index (κ1) is 14.9. The van der Waals surface area contributed by atoms with Crippen LogP contribution in [0.3, 0.4) is 0 Å². The summed E-state index contributed by atoms with van der Waals surface area (Å²) < 4.78 is 48.5. The van der Waals surface area contributed by atoms with E-state index in [2.05, 4.69) is 25.3 Å². The summed E-state index contributed by atoms with van der Waals surface area (Å²) in [6.45, 7) is 0. The van der Waals surface area contributed by atoms with E-state index in [-0.39, 0.29) is 0 Å². The topological polar surface area (TPSA) is 0 Å². The fourth-order valence-electron chi connectivity index (χ4n) is 0.970. The molecular formula is C12H8F4S2. The molecule has 0 atom stereocenters. The van der Waals surface area contributed by atoms with Gasteiger partial charge in [-0.05, 0) is 36.4 Å². The van der Waals surface area contributed by atoms with E-state index < -0.39 is 23.3 Å². The van der Waals surface area contributed by atoms with Gasteiger partial charge in [0.25, 0.3) is 0 Å². The van der Waals surface area contributed by atoms with Gasteiger partial charge < -0.3 is 0 Å². The minimum absolute atomic E-state index is 0.425. The molecule has 2 aromatic rings.